The van der Waals surface area contributed by atoms with Crippen LogP contribution in [0.5, 0.6) is 5.75 Å². The van der Waals surface area contributed by atoms with Crippen LogP contribution in [0, 0.1) is 20.8 Å². The number of carboxylic acid groups (broad SMARTS) is 1. The summed E-state index contributed by atoms with van der Waals surface area (Å²) in [4.78, 5) is 11.1. The second kappa shape index (κ2) is 7.14. The Bertz CT molecular complexity index is 885. The number of anilines is 1. The lowest BCUT2D eigenvalue weighted by Gasteiger charge is -2.26. The first-order valence-electron chi connectivity index (χ1n) is 7.60. The summed E-state index contributed by atoms with van der Waals surface area (Å²) in [6.45, 7) is 4.59. The van der Waals surface area contributed by atoms with Crippen LogP contribution in [-0.4, -0.2) is 28.0 Å². The number of nitrogens with zero attached hydrogens (tertiary/aromatic N) is 1. The normalized spacial score (nSPS) is 11.2. The molecule has 2 rings (SSSR count). The molecule has 0 saturated heterocycles. The highest BCUT2D eigenvalue weighted by Gasteiger charge is 2.28. The topological polar surface area (TPSA) is 86.7 Å². The first kappa shape index (κ1) is 18.8. The number of carbonyl (C=O) groups is 1. The van der Waals surface area contributed by atoms with Crippen LogP contribution in [0.1, 0.15) is 16.7 Å². The molecule has 0 amide bonds. The van der Waals surface area contributed by atoms with Crippen molar-refractivity contribution in [2.45, 2.75) is 25.7 Å². The second-order valence-corrected chi connectivity index (χ2v) is 7.71. The van der Waals surface area contributed by atoms with E-state index in [4.69, 9.17) is 4.74 Å². The maximum atomic E-state index is 13.2. The molecule has 0 fully saturated rings. The third kappa shape index (κ3) is 4.11. The molecule has 0 aliphatic carbocycles. The molecule has 0 saturated carbocycles. The van der Waals surface area contributed by atoms with Gasteiger partial charge in [0.2, 0.25) is 0 Å². The van der Waals surface area contributed by atoms with Gasteiger partial charge in [0.25, 0.3) is 10.0 Å². The van der Waals surface area contributed by atoms with Crippen molar-refractivity contribution >= 4 is 21.7 Å². The van der Waals surface area contributed by atoms with E-state index >= 15 is 0 Å². The molecule has 0 bridgehead atoms. The van der Waals surface area contributed by atoms with Gasteiger partial charge < -0.3 is 14.6 Å². The smallest absolute Gasteiger partial charge is 0.268 e. The van der Waals surface area contributed by atoms with Gasteiger partial charge in [-0.15, -0.1) is 0 Å². The van der Waals surface area contributed by atoms with Gasteiger partial charge in [0.1, 0.15) is 10.6 Å². The number of hydrogen-bond acceptors (Lipinski definition) is 5. The van der Waals surface area contributed by atoms with Gasteiger partial charge >= 0.3 is 0 Å². The summed E-state index contributed by atoms with van der Waals surface area (Å²) in [5.74, 6) is -1.34. The zero-order valence-corrected chi connectivity index (χ0v) is 15.4. The van der Waals surface area contributed by atoms with Gasteiger partial charge in [-0.1, -0.05) is 12.1 Å². The van der Waals surface area contributed by atoms with Crippen LogP contribution in [0.4, 0.5) is 5.69 Å². The molecule has 0 unspecified atom stereocenters. The number of aliphatic carboxylic acids is 1. The first-order valence-corrected chi connectivity index (χ1v) is 9.04. The van der Waals surface area contributed by atoms with Gasteiger partial charge in [-0.25, -0.2) is 8.42 Å². The number of sulfonamides is 1. The quantitative estimate of drug-likeness (QED) is 0.778. The summed E-state index contributed by atoms with van der Waals surface area (Å²) in [6, 6.07) is 9.84. The third-order valence-corrected chi connectivity index (χ3v) is 5.45. The Kier molecular flexibility index (Phi) is 5.37. The van der Waals surface area contributed by atoms with Gasteiger partial charge in [-0.05, 0) is 61.7 Å². The van der Waals surface area contributed by atoms with Gasteiger partial charge in [-0.3, -0.25) is 4.31 Å². The Morgan fingerprint density at radius 3 is 2.16 bits per heavy atom. The minimum Gasteiger partial charge on any atom is -0.548 e. The maximum absolute atomic E-state index is 13.2. The molecule has 6 nitrogen and oxygen atoms in total. The van der Waals surface area contributed by atoms with Crippen LogP contribution in [-0.2, 0) is 14.8 Å². The number of carbonyl (C=O) groups excluding carboxylic acids is 1. The minimum absolute atomic E-state index is 0.0876. The van der Waals surface area contributed by atoms with Gasteiger partial charge in [0.05, 0.1) is 25.3 Å². The number of methoxy groups -OCH3 is 1. The van der Waals surface area contributed by atoms with Gasteiger partial charge in [-0.2, -0.15) is 0 Å². The molecule has 25 heavy (non-hydrogen) atoms. The molecular weight excluding hydrogens is 342 g/mol. The van der Waals surface area contributed by atoms with E-state index in [-0.39, 0.29) is 16.3 Å². The highest BCUT2D eigenvalue weighted by molar-refractivity contribution is 7.93. The standard InChI is InChI=1S/C18H21NO5S/c1-12-5-6-16(24-4)17(10-12)25(22,23)19(11-18(20)21)15-8-13(2)7-14(3)9-15/h5-10H,11H2,1-4H3,(H,20,21)/p-1. The van der Waals surface area contributed by atoms with E-state index in [2.05, 4.69) is 0 Å². The van der Waals surface area contributed by atoms with Crippen molar-refractivity contribution in [3.63, 3.8) is 0 Å². The molecule has 0 spiro atoms. The lowest BCUT2D eigenvalue weighted by atomic mass is 10.1. The minimum atomic E-state index is -4.16. The molecule has 134 valence electrons. The third-order valence-electron chi connectivity index (χ3n) is 3.65. The zero-order chi connectivity index (χ0) is 18.8. The van der Waals surface area contributed by atoms with E-state index in [1.54, 1.807) is 31.2 Å². The molecular formula is C18H20NO5S-. The summed E-state index contributed by atoms with van der Waals surface area (Å²) in [5, 5.41) is 11.2. The van der Waals surface area contributed by atoms with Crippen LogP contribution in [0.15, 0.2) is 41.3 Å². The van der Waals surface area contributed by atoms with E-state index in [1.165, 1.54) is 13.2 Å². The first-order chi connectivity index (χ1) is 11.6. The van der Waals surface area contributed by atoms with Crippen molar-refractivity contribution in [2.75, 3.05) is 18.0 Å². The summed E-state index contributed by atoms with van der Waals surface area (Å²) < 4.78 is 32.3. The van der Waals surface area contributed by atoms with E-state index in [9.17, 15) is 18.3 Å². The highest BCUT2D eigenvalue weighted by Crippen LogP contribution is 2.31. The average molecular weight is 362 g/mol. The number of carboxylic acids is 1. The summed E-state index contributed by atoms with van der Waals surface area (Å²) in [6.07, 6.45) is 0. The fraction of sp³-hybridized carbons (Fsp3) is 0.278. The number of hydrogen-bond donors (Lipinski definition) is 0. The lowest BCUT2D eigenvalue weighted by Crippen LogP contribution is -2.41. The molecule has 2 aromatic carbocycles. The van der Waals surface area contributed by atoms with E-state index in [1.807, 2.05) is 19.9 Å². The van der Waals surface area contributed by atoms with Crippen LogP contribution in [0.2, 0.25) is 0 Å². The van der Waals surface area contributed by atoms with Gasteiger partial charge in [0, 0.05) is 0 Å². The molecule has 0 atom stereocenters. The summed E-state index contributed by atoms with van der Waals surface area (Å²) in [7, 11) is -2.80. The monoisotopic (exact) mass is 362 g/mol. The van der Waals surface area contributed by atoms with Crippen LogP contribution in [0.25, 0.3) is 0 Å². The van der Waals surface area contributed by atoms with Gasteiger partial charge in [0.15, 0.2) is 0 Å². The lowest BCUT2D eigenvalue weighted by molar-refractivity contribution is -0.303. The van der Waals surface area contributed by atoms with Crippen LogP contribution in [0.3, 0.4) is 0 Å². The average Bonchev–Trinajstić information content (AvgIpc) is 2.51. The largest absolute Gasteiger partial charge is 0.548 e. The molecule has 2 aromatic rings. The Hall–Kier alpha value is -2.54. The van der Waals surface area contributed by atoms with Crippen molar-refractivity contribution in [1.29, 1.82) is 0 Å². The molecule has 0 N–H and O–H groups in total. The SMILES string of the molecule is COc1ccc(C)cc1S(=O)(=O)N(CC(=O)[O-])c1cc(C)cc(C)c1. The van der Waals surface area contributed by atoms with Crippen molar-refractivity contribution in [3.05, 3.63) is 53.1 Å². The Balaban J connectivity index is 2.68. The predicted octanol–water partition coefficient (Wildman–Crippen LogP) is 1.57. The Morgan fingerprint density at radius 1 is 1.04 bits per heavy atom. The van der Waals surface area contributed by atoms with Crippen molar-refractivity contribution in [1.82, 2.24) is 0 Å². The molecule has 0 aliphatic rings. The molecule has 7 heteroatoms. The fourth-order valence-electron chi connectivity index (χ4n) is 2.63. The zero-order valence-electron chi connectivity index (χ0n) is 14.6. The summed E-state index contributed by atoms with van der Waals surface area (Å²) in [5.41, 5.74) is 2.63. The molecule has 0 heterocycles. The number of benzene rings is 2. The number of ether oxygens (including phenoxy) is 1. The van der Waals surface area contributed by atoms with E-state index in [0.717, 1.165) is 15.4 Å². The number of aryl methyl sites for hydroxylation is 3. The van der Waals surface area contributed by atoms with Crippen molar-refractivity contribution in [3.8, 4) is 5.75 Å². The fourth-order valence-corrected chi connectivity index (χ4v) is 4.27. The van der Waals surface area contributed by atoms with Crippen LogP contribution < -0.4 is 14.1 Å². The van der Waals surface area contributed by atoms with E-state index in [0.29, 0.717) is 5.56 Å². The Labute approximate surface area is 147 Å². The highest BCUT2D eigenvalue weighted by atomic mass is 32.2. The van der Waals surface area contributed by atoms with Crippen molar-refractivity contribution in [2.24, 2.45) is 0 Å². The second-order valence-electron chi connectivity index (χ2n) is 5.88. The Morgan fingerprint density at radius 2 is 1.64 bits per heavy atom. The van der Waals surface area contributed by atoms with E-state index < -0.39 is 22.5 Å². The predicted molar refractivity (Wildman–Crippen MR) is 93.2 cm³/mol. The molecule has 0 aromatic heterocycles. The summed E-state index contributed by atoms with van der Waals surface area (Å²) >= 11 is 0. The number of rotatable bonds is 6. The maximum Gasteiger partial charge on any atom is 0.268 e. The molecule has 0 aliphatic heterocycles. The van der Waals surface area contributed by atoms with Crippen molar-refractivity contribution < 1.29 is 23.1 Å². The van der Waals surface area contributed by atoms with Crippen LogP contribution >= 0.6 is 0 Å². The molecule has 0 radical (unpaired) electrons.